The van der Waals surface area contributed by atoms with Crippen LogP contribution in [0.4, 0.5) is 0 Å². The first-order valence-corrected chi connectivity index (χ1v) is 7.71. The number of unbranched alkanes of at least 4 members (excludes halogenated alkanes) is 1. The normalized spacial score (nSPS) is 10.9. The van der Waals surface area contributed by atoms with Crippen LogP contribution in [0.2, 0.25) is 0 Å². The maximum atomic E-state index is 5.50. The topological polar surface area (TPSA) is 26.2 Å². The van der Waals surface area contributed by atoms with E-state index in [-0.39, 0.29) is 0 Å². The molecule has 0 spiro atoms. The molecule has 114 valence electrons. The average molecular weight is 286 g/mol. The second-order valence-corrected chi connectivity index (χ2v) is 5.43. The number of aromatic nitrogens is 1. The average Bonchev–Trinajstić information content (AvgIpc) is 2.78. The van der Waals surface area contributed by atoms with Gasteiger partial charge < -0.3 is 14.6 Å². The third kappa shape index (κ3) is 3.48. The summed E-state index contributed by atoms with van der Waals surface area (Å²) in [6, 6.07) is 10.4. The summed E-state index contributed by atoms with van der Waals surface area (Å²) in [7, 11) is 1.72. The van der Waals surface area contributed by atoms with E-state index in [0.717, 1.165) is 24.5 Å². The number of rotatable bonds is 7. The highest BCUT2D eigenvalue weighted by atomic mass is 16.5. The molecule has 1 heterocycles. The summed E-state index contributed by atoms with van der Waals surface area (Å²) in [6.07, 6.45) is 2.46. The molecule has 0 radical (unpaired) electrons. The molecule has 1 aromatic carbocycles. The molecule has 0 saturated heterocycles. The molecule has 0 aliphatic carbocycles. The van der Waals surface area contributed by atoms with Crippen molar-refractivity contribution in [3.8, 4) is 11.4 Å². The summed E-state index contributed by atoms with van der Waals surface area (Å²) >= 11 is 0. The molecule has 2 aromatic rings. The number of hydrogen-bond acceptors (Lipinski definition) is 2. The first-order valence-electron chi connectivity index (χ1n) is 7.71. The largest absolute Gasteiger partial charge is 0.495 e. The Morgan fingerprint density at radius 2 is 1.95 bits per heavy atom. The molecule has 0 amide bonds. The second kappa shape index (κ2) is 7.32. The summed E-state index contributed by atoms with van der Waals surface area (Å²) in [4.78, 5) is 0. The van der Waals surface area contributed by atoms with E-state index in [9.17, 15) is 0 Å². The molecular formula is C18H26N2O. The Hall–Kier alpha value is -1.74. The number of benzene rings is 1. The van der Waals surface area contributed by atoms with Crippen molar-refractivity contribution < 1.29 is 4.74 Å². The van der Waals surface area contributed by atoms with Gasteiger partial charge in [0.1, 0.15) is 5.75 Å². The lowest BCUT2D eigenvalue weighted by molar-refractivity contribution is 0.412. The molecule has 0 fully saturated rings. The molecule has 2 rings (SSSR count). The molecule has 0 aliphatic heterocycles. The number of nitrogens with one attached hydrogen (secondary N) is 1. The van der Waals surface area contributed by atoms with Crippen molar-refractivity contribution in [2.45, 2.75) is 40.2 Å². The molecular weight excluding hydrogens is 260 g/mol. The van der Waals surface area contributed by atoms with E-state index < -0.39 is 0 Å². The van der Waals surface area contributed by atoms with Crippen LogP contribution in [0.25, 0.3) is 5.69 Å². The van der Waals surface area contributed by atoms with Crippen LogP contribution in [0, 0.1) is 13.8 Å². The zero-order valence-electron chi connectivity index (χ0n) is 13.6. The van der Waals surface area contributed by atoms with Crippen molar-refractivity contribution in [2.75, 3.05) is 13.7 Å². The van der Waals surface area contributed by atoms with Gasteiger partial charge in [-0.3, -0.25) is 0 Å². The van der Waals surface area contributed by atoms with Crippen LogP contribution in [0.15, 0.2) is 30.3 Å². The highest BCUT2D eigenvalue weighted by Crippen LogP contribution is 2.27. The predicted molar refractivity (Wildman–Crippen MR) is 88.4 cm³/mol. The SMILES string of the molecule is CCCCNCc1cc(C)n(-c2ccccc2OC)c1C. The Bertz CT molecular complexity index is 587. The fraction of sp³-hybridized carbons (Fsp3) is 0.444. The molecule has 0 atom stereocenters. The van der Waals surface area contributed by atoms with Crippen molar-refractivity contribution >= 4 is 0 Å². The summed E-state index contributed by atoms with van der Waals surface area (Å²) < 4.78 is 7.77. The van der Waals surface area contributed by atoms with Crippen molar-refractivity contribution in [1.29, 1.82) is 0 Å². The Morgan fingerprint density at radius 3 is 2.67 bits per heavy atom. The van der Waals surface area contributed by atoms with Gasteiger partial charge in [0.2, 0.25) is 0 Å². The lowest BCUT2D eigenvalue weighted by atomic mass is 10.2. The summed E-state index contributed by atoms with van der Waals surface area (Å²) in [6.45, 7) is 8.55. The van der Waals surface area contributed by atoms with Crippen LogP contribution < -0.4 is 10.1 Å². The zero-order chi connectivity index (χ0) is 15.2. The summed E-state index contributed by atoms with van der Waals surface area (Å²) in [5, 5.41) is 3.52. The van der Waals surface area contributed by atoms with Gasteiger partial charge in [0.15, 0.2) is 0 Å². The van der Waals surface area contributed by atoms with Crippen molar-refractivity contribution in [1.82, 2.24) is 9.88 Å². The van der Waals surface area contributed by atoms with Crippen LogP contribution in [0.3, 0.4) is 0 Å². The van der Waals surface area contributed by atoms with E-state index in [4.69, 9.17) is 4.74 Å². The molecule has 0 bridgehead atoms. The Labute approximate surface area is 127 Å². The molecule has 0 saturated carbocycles. The molecule has 1 aromatic heterocycles. The van der Waals surface area contributed by atoms with Gasteiger partial charge in [-0.05, 0) is 50.6 Å². The van der Waals surface area contributed by atoms with Gasteiger partial charge in [-0.2, -0.15) is 0 Å². The lowest BCUT2D eigenvalue weighted by Crippen LogP contribution is -2.15. The molecule has 0 aliphatic rings. The Kier molecular flexibility index (Phi) is 5.45. The van der Waals surface area contributed by atoms with Gasteiger partial charge in [-0.1, -0.05) is 25.5 Å². The first-order chi connectivity index (χ1) is 10.2. The van der Waals surface area contributed by atoms with Crippen molar-refractivity contribution in [3.63, 3.8) is 0 Å². The van der Waals surface area contributed by atoms with Gasteiger partial charge in [0.05, 0.1) is 12.8 Å². The second-order valence-electron chi connectivity index (χ2n) is 5.43. The smallest absolute Gasteiger partial charge is 0.142 e. The van der Waals surface area contributed by atoms with Crippen LogP contribution in [0.1, 0.15) is 36.7 Å². The molecule has 0 unspecified atom stereocenters. The quantitative estimate of drug-likeness (QED) is 0.779. The third-order valence-electron chi connectivity index (χ3n) is 3.88. The zero-order valence-corrected chi connectivity index (χ0v) is 13.6. The molecule has 1 N–H and O–H groups in total. The van der Waals surface area contributed by atoms with Gasteiger partial charge in [0.25, 0.3) is 0 Å². The molecule has 3 nitrogen and oxygen atoms in total. The highest BCUT2D eigenvalue weighted by Gasteiger charge is 2.13. The Morgan fingerprint density at radius 1 is 1.19 bits per heavy atom. The van der Waals surface area contributed by atoms with Crippen LogP contribution >= 0.6 is 0 Å². The lowest BCUT2D eigenvalue weighted by Gasteiger charge is -2.14. The van der Waals surface area contributed by atoms with Gasteiger partial charge >= 0.3 is 0 Å². The van der Waals surface area contributed by atoms with E-state index in [1.54, 1.807) is 7.11 Å². The number of aryl methyl sites for hydroxylation is 1. The van der Waals surface area contributed by atoms with Crippen LogP contribution in [0.5, 0.6) is 5.75 Å². The fourth-order valence-electron chi connectivity index (χ4n) is 2.72. The minimum absolute atomic E-state index is 0.907. The summed E-state index contributed by atoms with van der Waals surface area (Å²) in [5.41, 5.74) is 4.98. The van der Waals surface area contributed by atoms with Gasteiger partial charge in [-0.25, -0.2) is 0 Å². The molecule has 21 heavy (non-hydrogen) atoms. The van der Waals surface area contributed by atoms with E-state index in [1.807, 2.05) is 12.1 Å². The predicted octanol–water partition coefficient (Wildman–Crippen LogP) is 3.99. The van der Waals surface area contributed by atoms with Crippen LogP contribution in [-0.2, 0) is 6.54 Å². The van der Waals surface area contributed by atoms with Crippen molar-refractivity contribution in [3.05, 3.63) is 47.3 Å². The standard InChI is InChI=1S/C18H26N2O/c1-5-6-11-19-13-16-12-14(2)20(15(16)3)17-9-7-8-10-18(17)21-4/h7-10,12,19H,5-6,11,13H2,1-4H3. The maximum absolute atomic E-state index is 5.50. The number of methoxy groups -OCH3 is 1. The van der Waals surface area contributed by atoms with Gasteiger partial charge in [0, 0.05) is 17.9 Å². The minimum Gasteiger partial charge on any atom is -0.495 e. The number of hydrogen-bond donors (Lipinski definition) is 1. The minimum atomic E-state index is 0.907. The highest BCUT2D eigenvalue weighted by molar-refractivity contribution is 5.50. The van der Waals surface area contributed by atoms with E-state index in [2.05, 4.69) is 48.9 Å². The van der Waals surface area contributed by atoms with Gasteiger partial charge in [-0.15, -0.1) is 0 Å². The number of para-hydroxylation sites is 2. The Balaban J connectivity index is 2.26. The van der Waals surface area contributed by atoms with E-state index >= 15 is 0 Å². The monoisotopic (exact) mass is 286 g/mol. The third-order valence-corrected chi connectivity index (χ3v) is 3.88. The van der Waals surface area contributed by atoms with E-state index in [0.29, 0.717) is 0 Å². The van der Waals surface area contributed by atoms with Crippen LogP contribution in [-0.4, -0.2) is 18.2 Å². The maximum Gasteiger partial charge on any atom is 0.142 e. The fourth-order valence-corrected chi connectivity index (χ4v) is 2.72. The number of ether oxygens (including phenoxy) is 1. The summed E-state index contributed by atoms with van der Waals surface area (Å²) in [5.74, 6) is 0.907. The van der Waals surface area contributed by atoms with Crippen molar-refractivity contribution in [2.24, 2.45) is 0 Å². The molecule has 3 heteroatoms. The number of nitrogens with zero attached hydrogens (tertiary/aromatic N) is 1. The van der Waals surface area contributed by atoms with E-state index in [1.165, 1.54) is 29.8 Å². The first kappa shape index (κ1) is 15.6.